The lowest BCUT2D eigenvalue weighted by atomic mass is 9.89. The second-order valence-electron chi connectivity index (χ2n) is 5.64. The van der Waals surface area contributed by atoms with Crippen LogP contribution in [0.3, 0.4) is 0 Å². The van der Waals surface area contributed by atoms with E-state index < -0.39 is 0 Å². The maximum Gasteiger partial charge on any atom is 0.225 e. The average Bonchev–Trinajstić information content (AvgIpc) is 2.98. The summed E-state index contributed by atoms with van der Waals surface area (Å²) in [5.74, 6) is -0.461. The molecule has 0 bridgehead atoms. The minimum absolute atomic E-state index is 0.0641. The molecule has 2 aromatic carbocycles. The van der Waals surface area contributed by atoms with Gasteiger partial charge in [0.25, 0.3) is 0 Å². The number of hydrogen-bond acceptors (Lipinski definition) is 3. The lowest BCUT2D eigenvalue weighted by Crippen LogP contribution is -2.22. The molecule has 1 atom stereocenters. The van der Waals surface area contributed by atoms with Gasteiger partial charge in [0.15, 0.2) is 0 Å². The van der Waals surface area contributed by atoms with Crippen molar-refractivity contribution in [2.45, 2.75) is 12.3 Å². The first-order valence-corrected chi connectivity index (χ1v) is 8.58. The molecule has 0 spiro atoms. The number of anilines is 1. The average molecular weight is 359 g/mol. The van der Waals surface area contributed by atoms with Gasteiger partial charge >= 0.3 is 0 Å². The lowest BCUT2D eigenvalue weighted by Gasteiger charge is -2.23. The largest absolute Gasteiger partial charge is 0.323 e. The van der Waals surface area contributed by atoms with Gasteiger partial charge < -0.3 is 5.32 Å². The number of aromatic nitrogens is 1. The fraction of sp³-hybridized carbons (Fsp3) is 0.111. The standard InChI is InChI=1S/C18H12ClFN2OS/c19-12-6-4-10(5-7-12)14-9-15(23)21-17-16(22-24-18(14)17)11-2-1-3-13(20)8-11/h1-8,14H,9H2,(H,21,23). The third-order valence-corrected chi connectivity index (χ3v) is 5.27. The van der Waals surface area contributed by atoms with Crippen molar-refractivity contribution < 1.29 is 9.18 Å². The van der Waals surface area contributed by atoms with Gasteiger partial charge in [-0.25, -0.2) is 4.39 Å². The van der Waals surface area contributed by atoms with Crippen molar-refractivity contribution in [1.82, 2.24) is 4.37 Å². The quantitative estimate of drug-likeness (QED) is 0.694. The first-order chi connectivity index (χ1) is 11.6. The number of carbonyl (C=O) groups excluding carboxylic acids is 1. The molecule has 1 aliphatic rings. The van der Waals surface area contributed by atoms with E-state index in [-0.39, 0.29) is 17.6 Å². The van der Waals surface area contributed by atoms with Crippen LogP contribution in [0.25, 0.3) is 11.3 Å². The van der Waals surface area contributed by atoms with Crippen molar-refractivity contribution in [1.29, 1.82) is 0 Å². The van der Waals surface area contributed by atoms with Gasteiger partial charge in [0.05, 0.1) is 10.6 Å². The van der Waals surface area contributed by atoms with Gasteiger partial charge in [0, 0.05) is 22.9 Å². The van der Waals surface area contributed by atoms with E-state index in [0.717, 1.165) is 10.4 Å². The lowest BCUT2D eigenvalue weighted by molar-refractivity contribution is -0.116. The normalized spacial score (nSPS) is 16.6. The van der Waals surface area contributed by atoms with Crippen LogP contribution in [0.5, 0.6) is 0 Å². The highest BCUT2D eigenvalue weighted by molar-refractivity contribution is 7.07. The van der Waals surface area contributed by atoms with Crippen LogP contribution in [-0.4, -0.2) is 10.3 Å². The van der Waals surface area contributed by atoms with E-state index in [9.17, 15) is 9.18 Å². The summed E-state index contributed by atoms with van der Waals surface area (Å²) in [5, 5.41) is 3.55. The van der Waals surface area contributed by atoms with E-state index in [1.807, 2.05) is 24.3 Å². The van der Waals surface area contributed by atoms with Gasteiger partial charge in [-0.3, -0.25) is 4.79 Å². The van der Waals surface area contributed by atoms with Crippen molar-refractivity contribution in [2.75, 3.05) is 5.32 Å². The Morgan fingerprint density at radius 2 is 2.00 bits per heavy atom. The molecule has 24 heavy (non-hydrogen) atoms. The molecule has 0 saturated heterocycles. The molecular weight excluding hydrogens is 347 g/mol. The predicted molar refractivity (Wildman–Crippen MR) is 94.0 cm³/mol. The fourth-order valence-corrected chi connectivity index (χ4v) is 4.03. The molecule has 3 nitrogen and oxygen atoms in total. The number of carbonyl (C=O) groups is 1. The highest BCUT2D eigenvalue weighted by Crippen LogP contribution is 2.44. The molecule has 0 radical (unpaired) electrons. The second kappa shape index (κ2) is 6.00. The van der Waals surface area contributed by atoms with Crippen LogP contribution >= 0.6 is 23.1 Å². The zero-order chi connectivity index (χ0) is 16.7. The summed E-state index contributed by atoms with van der Waals surface area (Å²) in [6, 6.07) is 13.7. The van der Waals surface area contributed by atoms with Gasteiger partial charge in [0.2, 0.25) is 5.91 Å². The summed E-state index contributed by atoms with van der Waals surface area (Å²) < 4.78 is 18.0. The third-order valence-electron chi connectivity index (χ3n) is 4.06. The molecule has 120 valence electrons. The van der Waals surface area contributed by atoms with E-state index in [1.165, 1.54) is 23.7 Å². The van der Waals surface area contributed by atoms with E-state index >= 15 is 0 Å². The molecule has 0 saturated carbocycles. The van der Waals surface area contributed by atoms with Gasteiger partial charge in [-0.05, 0) is 41.4 Å². The predicted octanol–water partition coefficient (Wildman–Crippen LogP) is 5.08. The Morgan fingerprint density at radius 1 is 1.21 bits per heavy atom. The van der Waals surface area contributed by atoms with Crippen molar-refractivity contribution in [3.8, 4) is 11.3 Å². The molecule has 3 aromatic rings. The summed E-state index contributed by atoms with van der Waals surface area (Å²) in [6.45, 7) is 0. The highest BCUT2D eigenvalue weighted by atomic mass is 35.5. The molecule has 1 unspecified atom stereocenters. The molecule has 1 N–H and O–H groups in total. The number of amides is 1. The van der Waals surface area contributed by atoms with E-state index in [4.69, 9.17) is 11.6 Å². The van der Waals surface area contributed by atoms with Crippen molar-refractivity contribution in [3.05, 3.63) is 69.8 Å². The SMILES string of the molecule is O=C1CC(c2ccc(Cl)cc2)c2snc(-c3cccc(F)c3)c2N1. The van der Waals surface area contributed by atoms with E-state index in [1.54, 1.807) is 12.1 Å². The van der Waals surface area contributed by atoms with Crippen LogP contribution in [0.2, 0.25) is 5.02 Å². The summed E-state index contributed by atoms with van der Waals surface area (Å²) in [4.78, 5) is 13.2. The first kappa shape index (κ1) is 15.3. The number of benzene rings is 2. The van der Waals surface area contributed by atoms with Crippen LogP contribution in [0, 0.1) is 5.82 Å². The fourth-order valence-electron chi connectivity index (χ4n) is 2.93. The number of hydrogen-bond donors (Lipinski definition) is 1. The van der Waals surface area contributed by atoms with Crippen LogP contribution < -0.4 is 5.32 Å². The molecule has 0 fully saturated rings. The topological polar surface area (TPSA) is 42.0 Å². The minimum Gasteiger partial charge on any atom is -0.323 e. The van der Waals surface area contributed by atoms with Crippen molar-refractivity contribution in [2.24, 2.45) is 0 Å². The minimum atomic E-state index is -0.328. The Kier molecular flexibility index (Phi) is 3.82. The van der Waals surface area contributed by atoms with Gasteiger partial charge in [-0.15, -0.1) is 0 Å². The molecular formula is C18H12ClFN2OS. The highest BCUT2D eigenvalue weighted by Gasteiger charge is 2.31. The molecule has 6 heteroatoms. The zero-order valence-electron chi connectivity index (χ0n) is 12.4. The van der Waals surface area contributed by atoms with E-state index in [2.05, 4.69) is 9.69 Å². The molecule has 2 heterocycles. The van der Waals surface area contributed by atoms with Crippen LogP contribution in [0.1, 0.15) is 22.8 Å². The Labute approximate surface area is 147 Å². The van der Waals surface area contributed by atoms with Gasteiger partial charge in [-0.2, -0.15) is 4.37 Å². The summed E-state index contributed by atoms with van der Waals surface area (Å²) in [7, 11) is 0. The number of fused-ring (bicyclic) bond motifs is 1. The number of nitrogens with one attached hydrogen (secondary N) is 1. The molecule has 1 aromatic heterocycles. The molecule has 1 aliphatic heterocycles. The van der Waals surface area contributed by atoms with Gasteiger partial charge in [-0.1, -0.05) is 35.9 Å². The summed E-state index contributed by atoms with van der Waals surface area (Å²) >= 11 is 7.30. The Balaban J connectivity index is 1.81. The smallest absolute Gasteiger partial charge is 0.225 e. The summed E-state index contributed by atoms with van der Waals surface area (Å²) in [5.41, 5.74) is 2.97. The first-order valence-electron chi connectivity index (χ1n) is 7.42. The number of halogens is 2. The Morgan fingerprint density at radius 3 is 2.75 bits per heavy atom. The number of rotatable bonds is 2. The van der Waals surface area contributed by atoms with Crippen molar-refractivity contribution in [3.63, 3.8) is 0 Å². The summed E-state index contributed by atoms with van der Waals surface area (Å²) in [6.07, 6.45) is 0.361. The van der Waals surface area contributed by atoms with Gasteiger partial charge in [0.1, 0.15) is 11.5 Å². The second-order valence-corrected chi connectivity index (χ2v) is 6.88. The zero-order valence-corrected chi connectivity index (χ0v) is 14.0. The maximum absolute atomic E-state index is 13.5. The third kappa shape index (κ3) is 2.70. The molecule has 0 aliphatic carbocycles. The molecule has 4 rings (SSSR count). The van der Waals surface area contributed by atoms with Crippen LogP contribution in [0.4, 0.5) is 10.1 Å². The maximum atomic E-state index is 13.5. The Hall–Kier alpha value is -2.24. The van der Waals surface area contributed by atoms with E-state index in [0.29, 0.717) is 28.4 Å². The van der Waals surface area contributed by atoms with Crippen LogP contribution in [-0.2, 0) is 4.79 Å². The monoisotopic (exact) mass is 358 g/mol. The van der Waals surface area contributed by atoms with Crippen molar-refractivity contribution >= 4 is 34.7 Å². The molecule has 1 amide bonds. The Bertz CT molecular complexity index is 923. The van der Waals surface area contributed by atoms with Crippen LogP contribution in [0.15, 0.2) is 48.5 Å². The number of nitrogens with zero attached hydrogens (tertiary/aromatic N) is 1.